The van der Waals surface area contributed by atoms with Gasteiger partial charge in [-0.2, -0.15) is 5.26 Å². The first-order valence-electron chi connectivity index (χ1n) is 5.32. The van der Waals surface area contributed by atoms with Gasteiger partial charge < -0.3 is 4.74 Å². The van der Waals surface area contributed by atoms with Crippen molar-refractivity contribution in [2.75, 3.05) is 0 Å². The minimum absolute atomic E-state index is 0.0898. The summed E-state index contributed by atoms with van der Waals surface area (Å²) in [6.45, 7) is 0. The highest BCUT2D eigenvalue weighted by Gasteiger charge is 2.12. The molecule has 5 nitrogen and oxygen atoms in total. The van der Waals surface area contributed by atoms with Crippen LogP contribution in [-0.2, 0) is 0 Å². The third kappa shape index (κ3) is 3.07. The number of hydrogen-bond acceptors (Lipinski definition) is 4. The fourth-order valence-electron chi connectivity index (χ4n) is 1.46. The van der Waals surface area contributed by atoms with Crippen molar-refractivity contribution in [1.82, 2.24) is 0 Å². The van der Waals surface area contributed by atoms with Gasteiger partial charge in [-0.1, -0.05) is 11.6 Å². The number of hydrogen-bond donors (Lipinski definition) is 0. The van der Waals surface area contributed by atoms with Gasteiger partial charge in [0.25, 0.3) is 5.69 Å². The summed E-state index contributed by atoms with van der Waals surface area (Å²) in [7, 11) is 0. The van der Waals surface area contributed by atoms with Gasteiger partial charge in [0.2, 0.25) is 0 Å². The zero-order chi connectivity index (χ0) is 14.7. The Balaban J connectivity index is 2.37. The highest BCUT2D eigenvalue weighted by molar-refractivity contribution is 9.10. The quantitative estimate of drug-likeness (QED) is 0.593. The average Bonchev–Trinajstić information content (AvgIpc) is 2.42. The molecule has 0 atom stereocenters. The van der Waals surface area contributed by atoms with Crippen LogP contribution in [0.1, 0.15) is 5.56 Å². The SMILES string of the molecule is N#Cc1ccc(Oc2cc([N+](=O)[O-])ccc2Br)c(Cl)c1. The Morgan fingerprint density at radius 3 is 2.60 bits per heavy atom. The van der Waals surface area contributed by atoms with Crippen LogP contribution in [0.15, 0.2) is 40.9 Å². The van der Waals surface area contributed by atoms with Crippen molar-refractivity contribution in [2.45, 2.75) is 0 Å². The smallest absolute Gasteiger partial charge is 0.273 e. The molecule has 0 saturated heterocycles. The first kappa shape index (κ1) is 14.3. The molecule has 0 aliphatic rings. The van der Waals surface area contributed by atoms with E-state index < -0.39 is 4.92 Å². The maximum absolute atomic E-state index is 10.7. The van der Waals surface area contributed by atoms with E-state index in [4.69, 9.17) is 21.6 Å². The third-order valence-electron chi connectivity index (χ3n) is 2.41. The zero-order valence-corrected chi connectivity index (χ0v) is 12.2. The molecule has 2 rings (SSSR count). The molecule has 0 saturated carbocycles. The number of ether oxygens (including phenoxy) is 1. The second-order valence-electron chi connectivity index (χ2n) is 3.73. The molecule has 0 N–H and O–H groups in total. The van der Waals surface area contributed by atoms with Crippen LogP contribution in [0.2, 0.25) is 5.02 Å². The summed E-state index contributed by atoms with van der Waals surface area (Å²) in [5.41, 5.74) is 0.313. The lowest BCUT2D eigenvalue weighted by molar-refractivity contribution is -0.384. The van der Waals surface area contributed by atoms with Gasteiger partial charge in [0.1, 0.15) is 11.5 Å². The van der Waals surface area contributed by atoms with Crippen LogP contribution in [0.3, 0.4) is 0 Å². The van der Waals surface area contributed by atoms with Crippen molar-refractivity contribution >= 4 is 33.2 Å². The fourth-order valence-corrected chi connectivity index (χ4v) is 2.00. The normalized spacial score (nSPS) is 9.85. The highest BCUT2D eigenvalue weighted by Crippen LogP contribution is 2.36. The Labute approximate surface area is 127 Å². The molecular formula is C13H6BrClN2O3. The van der Waals surface area contributed by atoms with Crippen molar-refractivity contribution in [2.24, 2.45) is 0 Å². The van der Waals surface area contributed by atoms with Gasteiger partial charge in [-0.3, -0.25) is 10.1 Å². The lowest BCUT2D eigenvalue weighted by Crippen LogP contribution is -1.91. The van der Waals surface area contributed by atoms with E-state index in [0.717, 1.165) is 0 Å². The monoisotopic (exact) mass is 352 g/mol. The number of benzene rings is 2. The third-order valence-corrected chi connectivity index (χ3v) is 3.36. The maximum Gasteiger partial charge on any atom is 0.273 e. The first-order valence-corrected chi connectivity index (χ1v) is 6.50. The predicted octanol–water partition coefficient (Wildman–Crippen LogP) is 4.67. The average molecular weight is 354 g/mol. The van der Waals surface area contributed by atoms with Gasteiger partial charge in [0.15, 0.2) is 0 Å². The molecule has 100 valence electrons. The summed E-state index contributed by atoms with van der Waals surface area (Å²) in [5, 5.41) is 19.7. The van der Waals surface area contributed by atoms with E-state index in [-0.39, 0.29) is 16.5 Å². The Bertz CT molecular complexity index is 728. The maximum atomic E-state index is 10.7. The van der Waals surface area contributed by atoms with Crippen molar-refractivity contribution in [3.63, 3.8) is 0 Å². The molecule has 0 aliphatic carbocycles. The first-order chi connectivity index (χ1) is 9.51. The van der Waals surface area contributed by atoms with Gasteiger partial charge in [0.05, 0.1) is 32.1 Å². The van der Waals surface area contributed by atoms with Crippen LogP contribution >= 0.6 is 27.5 Å². The van der Waals surface area contributed by atoms with Gasteiger partial charge in [-0.15, -0.1) is 0 Å². The Morgan fingerprint density at radius 1 is 1.25 bits per heavy atom. The minimum atomic E-state index is -0.514. The summed E-state index contributed by atoms with van der Waals surface area (Å²) in [6, 6.07) is 10.7. The van der Waals surface area contributed by atoms with Crippen LogP contribution in [0.5, 0.6) is 11.5 Å². The van der Waals surface area contributed by atoms with Crippen LogP contribution in [0.4, 0.5) is 5.69 Å². The number of nitro groups is 1. The number of nitro benzene ring substituents is 1. The summed E-state index contributed by atoms with van der Waals surface area (Å²) in [5.74, 6) is 0.581. The molecule has 0 fully saturated rings. The second-order valence-corrected chi connectivity index (χ2v) is 4.99. The van der Waals surface area contributed by atoms with Crippen LogP contribution in [0, 0.1) is 21.4 Å². The van der Waals surface area contributed by atoms with E-state index in [1.54, 1.807) is 6.07 Å². The Hall–Kier alpha value is -2.10. The molecule has 0 amide bonds. The summed E-state index contributed by atoms with van der Waals surface area (Å²) >= 11 is 9.23. The van der Waals surface area contributed by atoms with Crippen molar-refractivity contribution in [3.8, 4) is 17.6 Å². The summed E-state index contributed by atoms with van der Waals surface area (Å²) in [4.78, 5) is 10.2. The number of nitriles is 1. The largest absolute Gasteiger partial charge is 0.454 e. The molecule has 0 spiro atoms. The van der Waals surface area contributed by atoms with Gasteiger partial charge in [-0.25, -0.2) is 0 Å². The minimum Gasteiger partial charge on any atom is -0.454 e. The lowest BCUT2D eigenvalue weighted by atomic mass is 10.2. The molecule has 0 heterocycles. The van der Waals surface area contributed by atoms with E-state index in [1.165, 1.54) is 30.3 Å². The Morgan fingerprint density at radius 2 is 2.00 bits per heavy atom. The summed E-state index contributed by atoms with van der Waals surface area (Å²) in [6.07, 6.45) is 0. The zero-order valence-electron chi connectivity index (χ0n) is 9.84. The molecule has 0 unspecified atom stereocenters. The number of non-ortho nitro benzene ring substituents is 1. The van der Waals surface area contributed by atoms with E-state index in [9.17, 15) is 10.1 Å². The predicted molar refractivity (Wildman–Crippen MR) is 77.0 cm³/mol. The lowest BCUT2D eigenvalue weighted by Gasteiger charge is -2.09. The summed E-state index contributed by atoms with van der Waals surface area (Å²) < 4.78 is 6.10. The molecule has 2 aromatic rings. The molecular weight excluding hydrogens is 348 g/mol. The fraction of sp³-hybridized carbons (Fsp3) is 0. The van der Waals surface area contributed by atoms with Gasteiger partial charge in [0, 0.05) is 6.07 Å². The van der Waals surface area contributed by atoms with Crippen molar-refractivity contribution in [3.05, 3.63) is 61.6 Å². The van der Waals surface area contributed by atoms with Crippen LogP contribution in [-0.4, -0.2) is 4.92 Å². The number of nitrogens with zero attached hydrogens (tertiary/aromatic N) is 2. The molecule has 7 heteroatoms. The van der Waals surface area contributed by atoms with E-state index in [1.807, 2.05) is 6.07 Å². The van der Waals surface area contributed by atoms with E-state index in [0.29, 0.717) is 15.8 Å². The number of rotatable bonds is 3. The van der Waals surface area contributed by atoms with E-state index in [2.05, 4.69) is 15.9 Å². The molecule has 0 aliphatic heterocycles. The molecule has 20 heavy (non-hydrogen) atoms. The molecule has 0 bridgehead atoms. The van der Waals surface area contributed by atoms with Crippen molar-refractivity contribution < 1.29 is 9.66 Å². The second kappa shape index (κ2) is 5.90. The van der Waals surface area contributed by atoms with Crippen molar-refractivity contribution in [1.29, 1.82) is 5.26 Å². The highest BCUT2D eigenvalue weighted by atomic mass is 79.9. The van der Waals surface area contributed by atoms with Crippen LogP contribution in [0.25, 0.3) is 0 Å². The topological polar surface area (TPSA) is 76.2 Å². The van der Waals surface area contributed by atoms with Crippen LogP contribution < -0.4 is 4.74 Å². The van der Waals surface area contributed by atoms with E-state index >= 15 is 0 Å². The molecule has 2 aromatic carbocycles. The molecule has 0 aromatic heterocycles. The van der Waals surface area contributed by atoms with Gasteiger partial charge in [-0.05, 0) is 40.2 Å². The Kier molecular flexibility index (Phi) is 4.23. The molecule has 0 radical (unpaired) electrons. The van der Waals surface area contributed by atoms with Gasteiger partial charge >= 0.3 is 0 Å². The number of halogens is 2. The standard InChI is InChI=1S/C13H6BrClN2O3/c14-10-3-2-9(17(18)19)6-13(10)20-12-4-1-8(7-16)5-11(12)15/h1-6H.